The summed E-state index contributed by atoms with van der Waals surface area (Å²) in [5.41, 5.74) is -0.771. The number of aromatic hydroxyl groups is 1. The van der Waals surface area contributed by atoms with Gasteiger partial charge in [-0.2, -0.15) is 9.97 Å². The van der Waals surface area contributed by atoms with E-state index in [0.717, 1.165) is 19.4 Å². The van der Waals surface area contributed by atoms with Gasteiger partial charge in [0, 0.05) is 36.8 Å². The summed E-state index contributed by atoms with van der Waals surface area (Å²) in [5.74, 6) is -1.65. The van der Waals surface area contributed by atoms with Gasteiger partial charge < -0.3 is 34.8 Å². The molecule has 0 amide bonds. The van der Waals surface area contributed by atoms with Crippen molar-refractivity contribution >= 4 is 27.5 Å². The minimum atomic E-state index is -1.53. The number of rotatable bonds is 3. The van der Waals surface area contributed by atoms with E-state index < -0.39 is 47.7 Å². The minimum absolute atomic E-state index is 0.0638. The maximum atomic E-state index is 16.8. The lowest BCUT2D eigenvalue weighted by molar-refractivity contribution is -0.0957. The minimum Gasteiger partial charge on any atom is -0.508 e. The Kier molecular flexibility index (Phi) is 6.99. The molecule has 46 heavy (non-hydrogen) atoms. The lowest BCUT2D eigenvalue weighted by Crippen LogP contribution is -2.63. The molecule has 9 rings (SSSR count). The van der Waals surface area contributed by atoms with Crippen molar-refractivity contribution in [3.63, 3.8) is 0 Å². The van der Waals surface area contributed by atoms with E-state index in [2.05, 4.69) is 19.9 Å². The fraction of sp³-hybridized carbons (Fsp3) is 0.469. The summed E-state index contributed by atoms with van der Waals surface area (Å²) in [4.78, 5) is 17.0. The number of aliphatic hydroxyl groups excluding tert-OH is 3. The van der Waals surface area contributed by atoms with E-state index in [1.165, 1.54) is 35.4 Å². The topological polar surface area (TPSA) is 145 Å². The van der Waals surface area contributed by atoms with E-state index in [-0.39, 0.29) is 77.1 Å². The monoisotopic (exact) mass is 639 g/mol. The molecule has 4 bridgehead atoms. The molecule has 3 saturated heterocycles. The number of aliphatic hydroxyl groups is 3. The molecule has 6 atom stereocenters. The third-order valence-electron chi connectivity index (χ3n) is 10.0. The van der Waals surface area contributed by atoms with Crippen LogP contribution in [0.25, 0.3) is 32.9 Å². The second kappa shape index (κ2) is 10.9. The highest BCUT2D eigenvalue weighted by molar-refractivity contribution is 6.01. The smallest absolute Gasteiger partial charge is 0.319 e. The van der Waals surface area contributed by atoms with E-state index in [1.54, 1.807) is 0 Å². The summed E-state index contributed by atoms with van der Waals surface area (Å²) < 4.78 is 58.7. The lowest BCUT2D eigenvalue weighted by Gasteiger charge is -2.44. The number of fused-ring (bicyclic) bond motifs is 4. The third kappa shape index (κ3) is 4.57. The van der Waals surface area contributed by atoms with Crippen molar-refractivity contribution < 1.29 is 43.1 Å². The number of alkyl halides is 1. The summed E-state index contributed by atoms with van der Waals surface area (Å²) in [7, 11) is 0. The van der Waals surface area contributed by atoms with E-state index in [4.69, 9.17) is 9.47 Å². The number of phenolic OH excluding ortho intramolecular Hbond substituents is 1. The van der Waals surface area contributed by atoms with Crippen LogP contribution in [0.15, 0.2) is 30.5 Å². The zero-order valence-electron chi connectivity index (χ0n) is 24.6. The molecular formula is C32H32F3N5O6. The number of benzene rings is 2. The Bertz CT molecular complexity index is 1870. The number of halogens is 3. The number of piperidine rings is 1. The molecule has 4 N–H and O–H groups in total. The molecule has 0 radical (unpaired) electrons. The summed E-state index contributed by atoms with van der Waals surface area (Å²) in [6.07, 6.45) is -2.22. The molecule has 242 valence electrons. The van der Waals surface area contributed by atoms with Crippen LogP contribution < -0.4 is 9.64 Å². The average molecular weight is 640 g/mol. The first-order valence-corrected chi connectivity index (χ1v) is 15.3. The number of anilines is 1. The molecule has 11 nitrogen and oxygen atoms in total. The van der Waals surface area contributed by atoms with Crippen LogP contribution in [0.5, 0.6) is 11.8 Å². The Hall–Kier alpha value is -3.82. The molecule has 14 heteroatoms. The molecule has 0 saturated carbocycles. The van der Waals surface area contributed by atoms with Gasteiger partial charge in [-0.15, -0.1) is 0 Å². The Morgan fingerprint density at radius 2 is 1.93 bits per heavy atom. The average Bonchev–Trinajstić information content (AvgIpc) is 3.56. The van der Waals surface area contributed by atoms with Crippen molar-refractivity contribution in [3.8, 4) is 23.0 Å². The third-order valence-corrected chi connectivity index (χ3v) is 10.0. The van der Waals surface area contributed by atoms with Crippen molar-refractivity contribution in [2.75, 3.05) is 37.7 Å². The van der Waals surface area contributed by atoms with Crippen LogP contribution in [0.2, 0.25) is 0 Å². The van der Waals surface area contributed by atoms with E-state index in [1.807, 2.05) is 0 Å². The van der Waals surface area contributed by atoms with Crippen molar-refractivity contribution in [3.05, 3.63) is 47.7 Å². The first kappa shape index (κ1) is 29.6. The summed E-state index contributed by atoms with van der Waals surface area (Å²) in [6, 6.07) is 4.17. The van der Waals surface area contributed by atoms with Gasteiger partial charge in [0.25, 0.3) is 0 Å². The standard InChI is InChI=1S/C32H32F3N5O6/c33-16-8-32(4-1-5-39(32)10-16)14-46-31-37-27-19-9-36-26(25(27)35)18-7-17(41)6-15-2-3-21(34)20(24(15)18)12-45-13-22-28(43)29(44)23(42)11-40(22)30(19)38-31/h2-3,6-7,9,16,22-23,28-29,41-44H,1,4-5,8,10-14H2/t16-,22-,23+,28-,29-,32?/m1/s1. The van der Waals surface area contributed by atoms with Crippen LogP contribution in [0, 0.1) is 11.6 Å². The highest BCUT2D eigenvalue weighted by Gasteiger charge is 2.49. The predicted molar refractivity (Wildman–Crippen MR) is 159 cm³/mol. The highest BCUT2D eigenvalue weighted by atomic mass is 19.1. The highest BCUT2D eigenvalue weighted by Crippen LogP contribution is 2.42. The van der Waals surface area contributed by atoms with Gasteiger partial charge in [0.05, 0.1) is 36.3 Å². The number of aromatic nitrogens is 3. The van der Waals surface area contributed by atoms with Gasteiger partial charge in [0.2, 0.25) is 0 Å². The number of pyridine rings is 1. The molecule has 2 aromatic heterocycles. The Labute approximate surface area is 260 Å². The van der Waals surface area contributed by atoms with Crippen LogP contribution in [-0.2, 0) is 11.3 Å². The van der Waals surface area contributed by atoms with Crippen molar-refractivity contribution in [1.82, 2.24) is 19.9 Å². The maximum absolute atomic E-state index is 16.8. The van der Waals surface area contributed by atoms with E-state index in [9.17, 15) is 24.8 Å². The van der Waals surface area contributed by atoms with Crippen molar-refractivity contribution in [2.45, 2.75) is 61.9 Å². The molecule has 0 aliphatic carbocycles. The fourth-order valence-corrected chi connectivity index (χ4v) is 7.77. The zero-order valence-corrected chi connectivity index (χ0v) is 24.6. The SMILES string of the molecule is Oc1cc2c3c(c(F)ccc3c1)COC[C@@H]1[C@@H](O)[C@H](O)[C@@H](O)CN1c1nc(OCC34CCCN3C[C@H](F)C4)nc3c(F)c-2ncc13. The van der Waals surface area contributed by atoms with Gasteiger partial charge in [0.1, 0.15) is 53.6 Å². The molecule has 4 aromatic rings. The van der Waals surface area contributed by atoms with Crippen molar-refractivity contribution in [2.24, 2.45) is 0 Å². The van der Waals surface area contributed by atoms with Gasteiger partial charge in [-0.3, -0.25) is 9.88 Å². The molecule has 2 aromatic carbocycles. The summed E-state index contributed by atoms with van der Waals surface area (Å²) >= 11 is 0. The Morgan fingerprint density at radius 1 is 1.09 bits per heavy atom. The molecule has 3 fully saturated rings. The van der Waals surface area contributed by atoms with Gasteiger partial charge in [-0.25, -0.2) is 13.2 Å². The maximum Gasteiger partial charge on any atom is 0.319 e. The van der Waals surface area contributed by atoms with E-state index >= 15 is 8.78 Å². The second-order valence-corrected chi connectivity index (χ2v) is 12.8. The van der Waals surface area contributed by atoms with Crippen LogP contribution >= 0.6 is 0 Å². The molecule has 7 heterocycles. The molecule has 1 unspecified atom stereocenters. The fourth-order valence-electron chi connectivity index (χ4n) is 7.77. The molecule has 0 spiro atoms. The lowest BCUT2D eigenvalue weighted by atomic mass is 9.94. The number of hydrogen-bond donors (Lipinski definition) is 4. The van der Waals surface area contributed by atoms with Crippen LogP contribution in [-0.4, -0.2) is 109 Å². The molecule has 5 aliphatic rings. The number of nitrogens with zero attached hydrogens (tertiary/aromatic N) is 5. The summed E-state index contributed by atoms with van der Waals surface area (Å²) in [6.45, 7) is 0.359. The van der Waals surface area contributed by atoms with Gasteiger partial charge in [0.15, 0.2) is 5.82 Å². The molecular weight excluding hydrogens is 607 g/mol. The Morgan fingerprint density at radius 3 is 2.78 bits per heavy atom. The van der Waals surface area contributed by atoms with Crippen LogP contribution in [0.4, 0.5) is 19.0 Å². The first-order chi connectivity index (χ1) is 22.1. The summed E-state index contributed by atoms with van der Waals surface area (Å²) in [5, 5.41) is 43.8. The first-order valence-electron chi connectivity index (χ1n) is 15.3. The Balaban J connectivity index is 1.34. The second-order valence-electron chi connectivity index (χ2n) is 12.8. The van der Waals surface area contributed by atoms with Crippen LogP contribution in [0.3, 0.4) is 0 Å². The zero-order chi connectivity index (χ0) is 31.9. The van der Waals surface area contributed by atoms with E-state index in [0.29, 0.717) is 18.4 Å². The number of phenols is 1. The van der Waals surface area contributed by atoms with Gasteiger partial charge >= 0.3 is 6.01 Å². The number of hydrogen-bond acceptors (Lipinski definition) is 11. The number of ether oxygens (including phenoxy) is 2. The predicted octanol–water partition coefficient (Wildman–Crippen LogP) is 2.59. The quantitative estimate of drug-likeness (QED) is 0.263. The molecule has 5 aliphatic heterocycles. The van der Waals surface area contributed by atoms with Crippen molar-refractivity contribution in [1.29, 1.82) is 0 Å². The normalized spacial score (nSPS) is 29.5. The van der Waals surface area contributed by atoms with Gasteiger partial charge in [-0.05, 0) is 48.4 Å². The van der Waals surface area contributed by atoms with Gasteiger partial charge in [-0.1, -0.05) is 6.07 Å². The largest absolute Gasteiger partial charge is 0.508 e. The van der Waals surface area contributed by atoms with Crippen LogP contribution in [0.1, 0.15) is 24.8 Å².